The molecule has 0 saturated carbocycles. The Labute approximate surface area is 163 Å². The second kappa shape index (κ2) is 8.61. The van der Waals surface area contributed by atoms with E-state index in [-0.39, 0.29) is 18.2 Å². The van der Waals surface area contributed by atoms with Crippen molar-refractivity contribution in [1.29, 1.82) is 0 Å². The number of carbonyl (C=O) groups is 4. The molecular weight excluding hydrogens is 356 g/mol. The van der Waals surface area contributed by atoms with E-state index in [2.05, 4.69) is 12.2 Å². The van der Waals surface area contributed by atoms with Crippen molar-refractivity contribution in [2.75, 3.05) is 11.9 Å². The van der Waals surface area contributed by atoms with Crippen LogP contribution in [0.3, 0.4) is 0 Å². The maximum Gasteiger partial charge on any atom is 0.261 e. The van der Waals surface area contributed by atoms with Crippen molar-refractivity contribution in [3.63, 3.8) is 0 Å². The van der Waals surface area contributed by atoms with Gasteiger partial charge in [-0.1, -0.05) is 31.9 Å². The van der Waals surface area contributed by atoms with Gasteiger partial charge in [0.1, 0.15) is 0 Å². The van der Waals surface area contributed by atoms with E-state index < -0.39 is 11.8 Å². The lowest BCUT2D eigenvalue weighted by Crippen LogP contribution is -2.34. The fraction of sp³-hybridized carbons (Fsp3) is 0.273. The Morgan fingerprint density at radius 1 is 0.893 bits per heavy atom. The van der Waals surface area contributed by atoms with E-state index in [0.717, 1.165) is 24.2 Å². The Morgan fingerprint density at radius 2 is 1.50 bits per heavy atom. The van der Waals surface area contributed by atoms with Gasteiger partial charge in [0.15, 0.2) is 5.78 Å². The van der Waals surface area contributed by atoms with Gasteiger partial charge in [0.05, 0.1) is 17.7 Å². The number of benzene rings is 2. The molecule has 0 aliphatic carbocycles. The molecule has 0 aromatic heterocycles. The maximum absolute atomic E-state index is 12.5. The molecule has 0 spiro atoms. The van der Waals surface area contributed by atoms with E-state index in [9.17, 15) is 19.2 Å². The highest BCUT2D eigenvalue weighted by atomic mass is 16.2. The van der Waals surface area contributed by atoms with E-state index in [1.54, 1.807) is 48.5 Å². The average molecular weight is 378 g/mol. The van der Waals surface area contributed by atoms with Gasteiger partial charge in [0.25, 0.3) is 11.8 Å². The first-order valence-electron chi connectivity index (χ1n) is 9.39. The zero-order chi connectivity index (χ0) is 20.1. The fourth-order valence-corrected chi connectivity index (χ4v) is 3.12. The van der Waals surface area contributed by atoms with Crippen molar-refractivity contribution in [2.24, 2.45) is 0 Å². The first kappa shape index (κ1) is 19.5. The zero-order valence-corrected chi connectivity index (χ0v) is 15.7. The normalized spacial score (nSPS) is 12.8. The monoisotopic (exact) mass is 378 g/mol. The molecule has 1 aliphatic heterocycles. The van der Waals surface area contributed by atoms with Gasteiger partial charge in [-0.25, -0.2) is 0 Å². The first-order chi connectivity index (χ1) is 13.5. The van der Waals surface area contributed by atoms with Crippen LogP contribution in [0.5, 0.6) is 0 Å². The molecule has 3 amide bonds. The van der Waals surface area contributed by atoms with Crippen LogP contribution in [0.15, 0.2) is 48.5 Å². The van der Waals surface area contributed by atoms with Crippen LogP contribution in [0, 0.1) is 0 Å². The molecule has 144 valence electrons. The standard InChI is InChI=1S/C22H22N2O4/c1-2-3-4-9-20(26)23-16-12-10-15(11-13-16)19(25)14-24-21(27)17-7-5-6-8-18(17)22(24)28/h5-8,10-13H,2-4,9,14H2,1H3,(H,23,26). The smallest absolute Gasteiger partial charge is 0.261 e. The number of hydrogen-bond acceptors (Lipinski definition) is 4. The third kappa shape index (κ3) is 4.17. The Balaban J connectivity index is 1.61. The van der Waals surface area contributed by atoms with Gasteiger partial charge in [-0.2, -0.15) is 0 Å². The van der Waals surface area contributed by atoms with Gasteiger partial charge >= 0.3 is 0 Å². The number of amides is 3. The van der Waals surface area contributed by atoms with Gasteiger partial charge < -0.3 is 5.32 Å². The number of unbranched alkanes of at least 4 members (excludes halogenated alkanes) is 2. The summed E-state index contributed by atoms with van der Waals surface area (Å²) in [5, 5.41) is 2.80. The maximum atomic E-state index is 12.5. The lowest BCUT2D eigenvalue weighted by atomic mass is 10.1. The lowest BCUT2D eigenvalue weighted by Gasteiger charge is -2.13. The van der Waals surface area contributed by atoms with Gasteiger partial charge in [-0.15, -0.1) is 0 Å². The molecule has 2 aromatic rings. The van der Waals surface area contributed by atoms with Gasteiger partial charge in [0.2, 0.25) is 5.91 Å². The summed E-state index contributed by atoms with van der Waals surface area (Å²) in [5.41, 5.74) is 1.63. The van der Waals surface area contributed by atoms with Crippen molar-refractivity contribution in [3.8, 4) is 0 Å². The fourth-order valence-electron chi connectivity index (χ4n) is 3.12. The van der Waals surface area contributed by atoms with Crippen molar-refractivity contribution in [1.82, 2.24) is 4.90 Å². The van der Waals surface area contributed by atoms with Crippen molar-refractivity contribution < 1.29 is 19.2 Å². The minimum absolute atomic E-state index is 0.0569. The van der Waals surface area contributed by atoms with Crippen LogP contribution >= 0.6 is 0 Å². The molecule has 0 unspecified atom stereocenters. The molecule has 6 heteroatoms. The van der Waals surface area contributed by atoms with Crippen molar-refractivity contribution in [2.45, 2.75) is 32.6 Å². The molecule has 0 fully saturated rings. The second-order valence-corrected chi connectivity index (χ2v) is 6.75. The highest BCUT2D eigenvalue weighted by Gasteiger charge is 2.36. The molecular formula is C22H22N2O4. The van der Waals surface area contributed by atoms with Crippen molar-refractivity contribution in [3.05, 3.63) is 65.2 Å². The van der Waals surface area contributed by atoms with Gasteiger partial charge in [-0.3, -0.25) is 24.1 Å². The lowest BCUT2D eigenvalue weighted by molar-refractivity contribution is -0.116. The molecule has 1 N–H and O–H groups in total. The number of nitrogens with zero attached hydrogens (tertiary/aromatic N) is 1. The number of fused-ring (bicyclic) bond motifs is 1. The first-order valence-corrected chi connectivity index (χ1v) is 9.39. The number of anilines is 1. The molecule has 1 heterocycles. The summed E-state index contributed by atoms with van der Waals surface area (Å²) in [7, 11) is 0. The van der Waals surface area contributed by atoms with Crippen LogP contribution < -0.4 is 5.32 Å². The molecule has 0 atom stereocenters. The van der Waals surface area contributed by atoms with Crippen LogP contribution in [0.25, 0.3) is 0 Å². The largest absolute Gasteiger partial charge is 0.326 e. The number of imide groups is 1. The minimum atomic E-state index is -0.454. The quantitative estimate of drug-likeness (QED) is 0.431. The third-order valence-electron chi connectivity index (χ3n) is 4.68. The summed E-state index contributed by atoms with van der Waals surface area (Å²) in [4.78, 5) is 50.1. The Bertz CT molecular complexity index is 883. The second-order valence-electron chi connectivity index (χ2n) is 6.75. The molecule has 1 aliphatic rings. The van der Waals surface area contributed by atoms with E-state index in [4.69, 9.17) is 0 Å². The molecule has 6 nitrogen and oxygen atoms in total. The van der Waals surface area contributed by atoms with Gasteiger partial charge in [0, 0.05) is 17.7 Å². The molecule has 2 aromatic carbocycles. The predicted molar refractivity (Wildman–Crippen MR) is 105 cm³/mol. The van der Waals surface area contributed by atoms with E-state index >= 15 is 0 Å². The van der Waals surface area contributed by atoms with Crippen LogP contribution in [-0.4, -0.2) is 34.9 Å². The van der Waals surface area contributed by atoms with Crippen LogP contribution in [0.4, 0.5) is 5.69 Å². The highest BCUT2D eigenvalue weighted by molar-refractivity contribution is 6.23. The molecule has 0 bridgehead atoms. The van der Waals surface area contributed by atoms with Crippen LogP contribution in [-0.2, 0) is 4.79 Å². The van der Waals surface area contributed by atoms with E-state index in [1.807, 2.05) is 0 Å². The minimum Gasteiger partial charge on any atom is -0.326 e. The highest BCUT2D eigenvalue weighted by Crippen LogP contribution is 2.23. The van der Waals surface area contributed by atoms with E-state index in [1.165, 1.54) is 0 Å². The Morgan fingerprint density at radius 3 is 2.07 bits per heavy atom. The summed E-state index contributed by atoms with van der Waals surface area (Å²) in [6.45, 7) is 1.77. The summed E-state index contributed by atoms with van der Waals surface area (Å²) in [6, 6.07) is 13.0. The van der Waals surface area contributed by atoms with Crippen LogP contribution in [0.1, 0.15) is 63.7 Å². The number of hydrogen-bond donors (Lipinski definition) is 1. The number of nitrogens with one attached hydrogen (secondary N) is 1. The number of ketones is 1. The topological polar surface area (TPSA) is 83.6 Å². The molecule has 28 heavy (non-hydrogen) atoms. The predicted octanol–water partition coefficient (Wildman–Crippen LogP) is 3.68. The molecule has 3 rings (SSSR count). The summed E-state index contributed by atoms with van der Waals surface area (Å²) in [5.74, 6) is -1.30. The Hall–Kier alpha value is -3.28. The number of rotatable bonds is 8. The summed E-state index contributed by atoms with van der Waals surface area (Å²) < 4.78 is 0. The zero-order valence-electron chi connectivity index (χ0n) is 15.7. The summed E-state index contributed by atoms with van der Waals surface area (Å²) in [6.07, 6.45) is 3.38. The van der Waals surface area contributed by atoms with Crippen LogP contribution in [0.2, 0.25) is 0 Å². The summed E-state index contributed by atoms with van der Waals surface area (Å²) >= 11 is 0. The number of carbonyl (C=O) groups excluding carboxylic acids is 4. The third-order valence-corrected chi connectivity index (χ3v) is 4.68. The average Bonchev–Trinajstić information content (AvgIpc) is 2.94. The van der Waals surface area contributed by atoms with Crippen molar-refractivity contribution >= 4 is 29.2 Å². The van der Waals surface area contributed by atoms with Gasteiger partial charge in [-0.05, 0) is 42.8 Å². The Kier molecular flexibility index (Phi) is 5.99. The number of Topliss-reactive ketones (excluding diaryl/α,β-unsaturated/α-hetero) is 1. The van der Waals surface area contributed by atoms with E-state index in [0.29, 0.717) is 28.8 Å². The SMILES string of the molecule is CCCCCC(=O)Nc1ccc(C(=O)CN2C(=O)c3ccccc3C2=O)cc1. The molecule has 0 saturated heterocycles. The molecule has 0 radical (unpaired) electrons.